The zero-order valence-electron chi connectivity index (χ0n) is 17.4. The van der Waals surface area contributed by atoms with Gasteiger partial charge in [-0.3, -0.25) is 19.0 Å². The Kier molecular flexibility index (Phi) is 5.54. The van der Waals surface area contributed by atoms with Crippen LogP contribution in [0.15, 0.2) is 52.2 Å². The molecule has 0 aliphatic carbocycles. The Hall–Kier alpha value is -3.55. The number of benzene rings is 1. The molecule has 1 unspecified atom stereocenters. The molecule has 160 valence electrons. The van der Waals surface area contributed by atoms with Crippen LogP contribution in [0.4, 0.5) is 4.39 Å². The Morgan fingerprint density at radius 1 is 1.16 bits per heavy atom. The summed E-state index contributed by atoms with van der Waals surface area (Å²) in [5.41, 5.74) is 1.17. The third-order valence-electron chi connectivity index (χ3n) is 5.63. The van der Waals surface area contributed by atoms with Gasteiger partial charge in [-0.15, -0.1) is 0 Å². The maximum atomic E-state index is 13.4. The number of aromatic nitrogens is 3. The first kappa shape index (κ1) is 20.7. The minimum Gasteiger partial charge on any atom is -0.338 e. The average Bonchev–Trinajstić information content (AvgIpc) is 2.74. The molecule has 2 aromatic heterocycles. The van der Waals surface area contributed by atoms with Crippen molar-refractivity contribution < 1.29 is 9.18 Å². The molecule has 0 spiro atoms. The number of H-pyrrole nitrogens is 1. The van der Waals surface area contributed by atoms with E-state index in [2.05, 4.69) is 9.97 Å². The number of nitrogens with zero attached hydrogens (tertiary/aromatic N) is 3. The van der Waals surface area contributed by atoms with Gasteiger partial charge in [0.05, 0.1) is 5.69 Å². The molecular formula is C23H23FN4O3. The predicted molar refractivity (Wildman–Crippen MR) is 114 cm³/mol. The van der Waals surface area contributed by atoms with Gasteiger partial charge in [-0.25, -0.2) is 9.37 Å². The number of aryl methyl sites for hydroxylation is 2. The molecule has 31 heavy (non-hydrogen) atoms. The van der Waals surface area contributed by atoms with Crippen molar-refractivity contribution in [2.45, 2.75) is 32.6 Å². The van der Waals surface area contributed by atoms with E-state index in [-0.39, 0.29) is 22.9 Å². The first-order chi connectivity index (χ1) is 14.8. The van der Waals surface area contributed by atoms with Crippen LogP contribution in [0.1, 0.15) is 46.2 Å². The van der Waals surface area contributed by atoms with E-state index in [4.69, 9.17) is 0 Å². The van der Waals surface area contributed by atoms with Crippen LogP contribution in [0, 0.1) is 19.7 Å². The molecule has 1 N–H and O–H groups in total. The van der Waals surface area contributed by atoms with Gasteiger partial charge in [-0.2, -0.15) is 0 Å². The molecule has 3 aromatic rings. The Bertz CT molecular complexity index is 1250. The SMILES string of the molecule is Cc1nc(C2CCCN(C(=O)c3c(C)ccn(-c4ccc(F)cc4)c3=O)C2)cc(=O)[nH]1. The van der Waals surface area contributed by atoms with Crippen molar-refractivity contribution >= 4 is 5.91 Å². The highest BCUT2D eigenvalue weighted by atomic mass is 19.1. The molecule has 1 fully saturated rings. The lowest BCUT2D eigenvalue weighted by Crippen LogP contribution is -2.42. The first-order valence-corrected chi connectivity index (χ1v) is 10.2. The third kappa shape index (κ3) is 4.19. The van der Waals surface area contributed by atoms with Gasteiger partial charge in [0.15, 0.2) is 0 Å². The van der Waals surface area contributed by atoms with Crippen molar-refractivity contribution in [2.24, 2.45) is 0 Å². The number of halogens is 1. The van der Waals surface area contributed by atoms with Crippen molar-refractivity contribution in [3.8, 4) is 5.69 Å². The highest BCUT2D eigenvalue weighted by Crippen LogP contribution is 2.26. The van der Waals surface area contributed by atoms with E-state index < -0.39 is 11.4 Å². The van der Waals surface area contributed by atoms with Crippen LogP contribution in [-0.4, -0.2) is 38.4 Å². The second-order valence-electron chi connectivity index (χ2n) is 7.87. The van der Waals surface area contributed by atoms with Crippen LogP contribution in [0.3, 0.4) is 0 Å². The maximum absolute atomic E-state index is 13.4. The average molecular weight is 422 g/mol. The number of piperidine rings is 1. The number of carbonyl (C=O) groups is 1. The molecule has 8 heteroatoms. The van der Waals surface area contributed by atoms with E-state index in [0.717, 1.165) is 12.8 Å². The monoisotopic (exact) mass is 422 g/mol. The lowest BCUT2D eigenvalue weighted by Gasteiger charge is -2.32. The molecule has 1 amide bonds. The van der Waals surface area contributed by atoms with Crippen molar-refractivity contribution in [3.63, 3.8) is 0 Å². The third-order valence-corrected chi connectivity index (χ3v) is 5.63. The van der Waals surface area contributed by atoms with E-state index in [0.29, 0.717) is 35.9 Å². The summed E-state index contributed by atoms with van der Waals surface area (Å²) in [7, 11) is 0. The normalized spacial score (nSPS) is 16.4. The van der Waals surface area contributed by atoms with Crippen molar-refractivity contribution in [3.05, 3.63) is 91.8 Å². The fourth-order valence-electron chi connectivity index (χ4n) is 4.06. The van der Waals surface area contributed by atoms with Gasteiger partial charge in [0.25, 0.3) is 17.0 Å². The van der Waals surface area contributed by atoms with E-state index in [9.17, 15) is 18.8 Å². The molecule has 1 aliphatic heterocycles. The van der Waals surface area contributed by atoms with Crippen LogP contribution >= 0.6 is 0 Å². The summed E-state index contributed by atoms with van der Waals surface area (Å²) in [5.74, 6) is -0.275. The van der Waals surface area contributed by atoms with Crippen LogP contribution in [0.5, 0.6) is 0 Å². The van der Waals surface area contributed by atoms with Gasteiger partial charge < -0.3 is 9.88 Å². The second-order valence-corrected chi connectivity index (χ2v) is 7.87. The molecule has 0 radical (unpaired) electrons. The fraction of sp³-hybridized carbons (Fsp3) is 0.304. The smallest absolute Gasteiger partial charge is 0.268 e. The molecular weight excluding hydrogens is 399 g/mol. The Morgan fingerprint density at radius 2 is 1.90 bits per heavy atom. The minimum absolute atomic E-state index is 0.0676. The molecule has 0 bridgehead atoms. The lowest BCUT2D eigenvalue weighted by atomic mass is 9.93. The number of rotatable bonds is 3. The molecule has 1 aliphatic rings. The summed E-state index contributed by atoms with van der Waals surface area (Å²) in [5, 5.41) is 0. The summed E-state index contributed by atoms with van der Waals surface area (Å²) in [4.78, 5) is 47.1. The number of likely N-dealkylation sites (tertiary alicyclic amines) is 1. The van der Waals surface area contributed by atoms with Crippen LogP contribution in [0.2, 0.25) is 0 Å². The van der Waals surface area contributed by atoms with Gasteiger partial charge in [0.1, 0.15) is 17.2 Å². The number of carbonyl (C=O) groups excluding carboxylic acids is 1. The largest absolute Gasteiger partial charge is 0.338 e. The highest BCUT2D eigenvalue weighted by molar-refractivity contribution is 5.95. The maximum Gasteiger partial charge on any atom is 0.268 e. The molecule has 7 nitrogen and oxygen atoms in total. The van der Waals surface area contributed by atoms with Gasteiger partial charge >= 0.3 is 0 Å². The van der Waals surface area contributed by atoms with E-state index in [1.807, 2.05) is 0 Å². The van der Waals surface area contributed by atoms with Crippen molar-refractivity contribution in [1.82, 2.24) is 19.4 Å². The fourth-order valence-corrected chi connectivity index (χ4v) is 4.06. The zero-order valence-corrected chi connectivity index (χ0v) is 17.4. The van der Waals surface area contributed by atoms with E-state index in [1.54, 1.807) is 31.0 Å². The van der Waals surface area contributed by atoms with Gasteiger partial charge in [0, 0.05) is 37.0 Å². The first-order valence-electron chi connectivity index (χ1n) is 10.2. The van der Waals surface area contributed by atoms with Crippen molar-refractivity contribution in [1.29, 1.82) is 0 Å². The molecule has 4 rings (SSSR count). The molecule has 0 saturated carbocycles. The predicted octanol–water partition coefficient (Wildman–Crippen LogP) is 2.70. The molecule has 1 saturated heterocycles. The van der Waals surface area contributed by atoms with Gasteiger partial charge in [-0.1, -0.05) is 0 Å². The number of pyridine rings is 1. The number of amides is 1. The zero-order chi connectivity index (χ0) is 22.1. The Labute approximate surface area is 178 Å². The lowest BCUT2D eigenvalue weighted by molar-refractivity contribution is 0.0703. The molecule has 3 heterocycles. The van der Waals surface area contributed by atoms with Crippen LogP contribution < -0.4 is 11.1 Å². The van der Waals surface area contributed by atoms with Crippen LogP contribution in [0.25, 0.3) is 5.69 Å². The number of hydrogen-bond acceptors (Lipinski definition) is 4. The topological polar surface area (TPSA) is 88.1 Å². The number of aromatic amines is 1. The van der Waals surface area contributed by atoms with E-state index in [1.165, 1.54) is 34.9 Å². The summed E-state index contributed by atoms with van der Waals surface area (Å²) < 4.78 is 14.6. The van der Waals surface area contributed by atoms with Crippen LogP contribution in [-0.2, 0) is 0 Å². The quantitative estimate of drug-likeness (QED) is 0.703. The Balaban J connectivity index is 1.66. The number of nitrogens with one attached hydrogen (secondary N) is 1. The highest BCUT2D eigenvalue weighted by Gasteiger charge is 2.29. The standard InChI is InChI=1S/C23H23FN4O3/c1-14-9-11-28(18-7-5-17(24)6-8-18)23(31)21(14)22(30)27-10-3-4-16(13-27)19-12-20(29)26-15(2)25-19/h5-9,11-12,16H,3-4,10,13H2,1-2H3,(H,25,26,29). The molecule has 1 aromatic carbocycles. The molecule has 1 atom stereocenters. The second kappa shape index (κ2) is 8.29. The van der Waals surface area contributed by atoms with Gasteiger partial charge in [0.2, 0.25) is 0 Å². The minimum atomic E-state index is -0.441. The van der Waals surface area contributed by atoms with Gasteiger partial charge in [-0.05, 0) is 62.6 Å². The van der Waals surface area contributed by atoms with Crippen molar-refractivity contribution in [2.75, 3.05) is 13.1 Å². The summed E-state index contributed by atoms with van der Waals surface area (Å²) in [6.45, 7) is 4.37. The Morgan fingerprint density at radius 3 is 2.61 bits per heavy atom. The van der Waals surface area contributed by atoms with E-state index >= 15 is 0 Å². The summed E-state index contributed by atoms with van der Waals surface area (Å²) in [6, 6.07) is 8.72. The summed E-state index contributed by atoms with van der Waals surface area (Å²) >= 11 is 0. The number of hydrogen-bond donors (Lipinski definition) is 1. The summed E-state index contributed by atoms with van der Waals surface area (Å²) in [6.07, 6.45) is 3.15.